The van der Waals surface area contributed by atoms with E-state index in [0.29, 0.717) is 6.04 Å². The largest absolute Gasteiger partial charge is 0.334 e. The van der Waals surface area contributed by atoms with Gasteiger partial charge in [-0.05, 0) is 38.1 Å². The van der Waals surface area contributed by atoms with Gasteiger partial charge in [-0.25, -0.2) is 4.98 Å². The minimum absolute atomic E-state index is 0.442. The van der Waals surface area contributed by atoms with Crippen molar-refractivity contribution in [3.05, 3.63) is 18.2 Å². The maximum absolute atomic E-state index is 4.62. The number of hydrogen-bond donors (Lipinski definition) is 1. The summed E-state index contributed by atoms with van der Waals surface area (Å²) in [5, 5.41) is 3.68. The smallest absolute Gasteiger partial charge is 0.126 e. The summed E-state index contributed by atoms with van der Waals surface area (Å²) in [6.45, 7) is 8.76. The van der Waals surface area contributed by atoms with Gasteiger partial charge in [-0.1, -0.05) is 33.1 Å². The summed E-state index contributed by atoms with van der Waals surface area (Å²) in [6.07, 6.45) is 10.9. The van der Waals surface area contributed by atoms with E-state index in [1.54, 1.807) is 0 Å². The van der Waals surface area contributed by atoms with E-state index in [2.05, 4.69) is 41.8 Å². The third-order valence-electron chi connectivity index (χ3n) is 4.73. The van der Waals surface area contributed by atoms with Gasteiger partial charge in [0.15, 0.2) is 0 Å². The fraction of sp³-hybridized carbons (Fsp3) is 0.812. The first-order chi connectivity index (χ1) is 9.30. The zero-order chi connectivity index (χ0) is 13.7. The molecule has 1 aliphatic carbocycles. The number of nitrogens with zero attached hydrogens (tertiary/aromatic N) is 2. The van der Waals surface area contributed by atoms with Crippen molar-refractivity contribution in [1.29, 1.82) is 0 Å². The Balaban J connectivity index is 2.08. The fourth-order valence-electron chi connectivity index (χ4n) is 3.49. The molecule has 3 heteroatoms. The van der Waals surface area contributed by atoms with Crippen molar-refractivity contribution in [2.75, 3.05) is 6.54 Å². The molecule has 2 rings (SSSR count). The molecule has 0 bridgehead atoms. The highest BCUT2D eigenvalue weighted by Gasteiger charge is 2.29. The van der Waals surface area contributed by atoms with Crippen LogP contribution in [0.25, 0.3) is 0 Å². The lowest BCUT2D eigenvalue weighted by molar-refractivity contribution is 0.212. The van der Waals surface area contributed by atoms with Crippen LogP contribution in [0.1, 0.15) is 64.7 Å². The van der Waals surface area contributed by atoms with Gasteiger partial charge >= 0.3 is 0 Å². The predicted molar refractivity (Wildman–Crippen MR) is 80.1 cm³/mol. The van der Waals surface area contributed by atoms with Crippen LogP contribution in [0, 0.1) is 11.8 Å². The topological polar surface area (TPSA) is 29.9 Å². The third-order valence-corrected chi connectivity index (χ3v) is 4.73. The van der Waals surface area contributed by atoms with E-state index in [-0.39, 0.29) is 0 Å². The number of nitrogens with one attached hydrogen (secondary N) is 1. The molecule has 19 heavy (non-hydrogen) atoms. The summed E-state index contributed by atoms with van der Waals surface area (Å²) in [5.74, 6) is 2.96. The van der Waals surface area contributed by atoms with Crippen molar-refractivity contribution in [2.24, 2.45) is 11.8 Å². The normalized spacial score (nSPS) is 25.4. The third kappa shape index (κ3) is 3.38. The van der Waals surface area contributed by atoms with Crippen molar-refractivity contribution in [3.8, 4) is 0 Å². The SMILES string of the molecule is CCNC(c1nccn1CC)C1CCC(CC)CC1. The van der Waals surface area contributed by atoms with Crippen molar-refractivity contribution in [2.45, 2.75) is 65.5 Å². The summed E-state index contributed by atoms with van der Waals surface area (Å²) in [5.41, 5.74) is 0. The molecule has 0 amide bonds. The molecule has 1 unspecified atom stereocenters. The number of imidazole rings is 1. The molecule has 3 nitrogen and oxygen atoms in total. The molecule has 0 aromatic carbocycles. The molecular formula is C16H29N3. The molecule has 1 aromatic heterocycles. The number of hydrogen-bond acceptors (Lipinski definition) is 2. The quantitative estimate of drug-likeness (QED) is 0.846. The first-order valence-electron chi connectivity index (χ1n) is 8.04. The van der Waals surface area contributed by atoms with Gasteiger partial charge in [-0.3, -0.25) is 0 Å². The van der Waals surface area contributed by atoms with E-state index in [9.17, 15) is 0 Å². The Bertz CT molecular complexity index is 364. The highest BCUT2D eigenvalue weighted by Crippen LogP contribution is 2.37. The summed E-state index contributed by atoms with van der Waals surface area (Å²) in [7, 11) is 0. The van der Waals surface area contributed by atoms with E-state index in [1.165, 1.54) is 37.9 Å². The molecule has 1 aromatic rings. The van der Waals surface area contributed by atoms with E-state index < -0.39 is 0 Å². The summed E-state index contributed by atoms with van der Waals surface area (Å²) < 4.78 is 2.29. The van der Waals surface area contributed by atoms with Gasteiger partial charge in [0.1, 0.15) is 5.82 Å². The molecule has 0 saturated heterocycles. The fourth-order valence-corrected chi connectivity index (χ4v) is 3.49. The molecular weight excluding hydrogens is 234 g/mol. The van der Waals surface area contributed by atoms with Crippen LogP contribution >= 0.6 is 0 Å². The monoisotopic (exact) mass is 263 g/mol. The van der Waals surface area contributed by atoms with Crippen LogP contribution in [0.15, 0.2) is 12.4 Å². The van der Waals surface area contributed by atoms with E-state index >= 15 is 0 Å². The van der Waals surface area contributed by atoms with E-state index in [1.807, 2.05) is 6.20 Å². The van der Waals surface area contributed by atoms with Crippen molar-refractivity contribution >= 4 is 0 Å². The second kappa shape index (κ2) is 7.09. The van der Waals surface area contributed by atoms with Crippen LogP contribution in [0.4, 0.5) is 0 Å². The number of aryl methyl sites for hydroxylation is 1. The molecule has 0 spiro atoms. The van der Waals surface area contributed by atoms with Crippen LogP contribution < -0.4 is 5.32 Å². The minimum atomic E-state index is 0.442. The first kappa shape index (κ1) is 14.6. The van der Waals surface area contributed by atoms with Gasteiger partial charge < -0.3 is 9.88 Å². The zero-order valence-electron chi connectivity index (χ0n) is 12.7. The molecule has 1 aliphatic rings. The minimum Gasteiger partial charge on any atom is -0.334 e. The average Bonchev–Trinajstić information content (AvgIpc) is 2.93. The molecule has 108 valence electrons. The van der Waals surface area contributed by atoms with Gasteiger partial charge in [0.25, 0.3) is 0 Å². The Kier molecular flexibility index (Phi) is 5.44. The van der Waals surface area contributed by atoms with Crippen molar-refractivity contribution < 1.29 is 0 Å². The Morgan fingerprint density at radius 3 is 2.58 bits per heavy atom. The summed E-state index contributed by atoms with van der Waals surface area (Å²) in [6, 6.07) is 0.442. The molecule has 1 fully saturated rings. The van der Waals surface area contributed by atoms with Crippen molar-refractivity contribution in [3.63, 3.8) is 0 Å². The molecule has 1 N–H and O–H groups in total. The van der Waals surface area contributed by atoms with Crippen LogP contribution in [-0.2, 0) is 6.54 Å². The van der Waals surface area contributed by atoms with Gasteiger partial charge in [-0.2, -0.15) is 0 Å². The highest BCUT2D eigenvalue weighted by molar-refractivity contribution is 5.02. The highest BCUT2D eigenvalue weighted by atomic mass is 15.1. The Morgan fingerprint density at radius 1 is 1.26 bits per heavy atom. The maximum Gasteiger partial charge on any atom is 0.126 e. The maximum atomic E-state index is 4.62. The lowest BCUT2D eigenvalue weighted by atomic mass is 9.77. The standard InChI is InChI=1S/C16H29N3/c1-4-13-7-9-14(10-8-13)15(17-5-2)16-18-11-12-19(16)6-3/h11-15,17H,4-10H2,1-3H3. The van der Waals surface area contributed by atoms with Crippen LogP contribution in [-0.4, -0.2) is 16.1 Å². The number of rotatable bonds is 6. The lowest BCUT2D eigenvalue weighted by Gasteiger charge is -2.34. The number of aromatic nitrogens is 2. The van der Waals surface area contributed by atoms with Crippen molar-refractivity contribution in [1.82, 2.24) is 14.9 Å². The molecule has 1 saturated carbocycles. The lowest BCUT2D eigenvalue weighted by Crippen LogP contribution is -2.33. The zero-order valence-corrected chi connectivity index (χ0v) is 12.7. The molecule has 1 atom stereocenters. The molecule has 0 aliphatic heterocycles. The predicted octanol–water partition coefficient (Wildman–Crippen LogP) is 3.77. The van der Waals surface area contributed by atoms with Gasteiger partial charge in [-0.15, -0.1) is 0 Å². The second-order valence-corrected chi connectivity index (χ2v) is 5.80. The molecule has 1 heterocycles. The van der Waals surface area contributed by atoms with Gasteiger partial charge in [0, 0.05) is 18.9 Å². The Morgan fingerprint density at radius 2 is 2.00 bits per heavy atom. The van der Waals surface area contributed by atoms with Gasteiger partial charge in [0.05, 0.1) is 6.04 Å². The second-order valence-electron chi connectivity index (χ2n) is 5.80. The van der Waals surface area contributed by atoms with E-state index in [4.69, 9.17) is 0 Å². The van der Waals surface area contributed by atoms with E-state index in [0.717, 1.165) is 24.9 Å². The average molecular weight is 263 g/mol. The summed E-state index contributed by atoms with van der Waals surface area (Å²) in [4.78, 5) is 4.62. The van der Waals surface area contributed by atoms with Crippen LogP contribution in [0.5, 0.6) is 0 Å². The first-order valence-corrected chi connectivity index (χ1v) is 8.04. The molecule has 0 radical (unpaired) electrons. The Hall–Kier alpha value is -0.830. The van der Waals surface area contributed by atoms with Crippen LogP contribution in [0.2, 0.25) is 0 Å². The summed E-state index contributed by atoms with van der Waals surface area (Å²) >= 11 is 0. The van der Waals surface area contributed by atoms with Gasteiger partial charge in [0.2, 0.25) is 0 Å². The Labute approximate surface area is 117 Å². The van der Waals surface area contributed by atoms with Crippen LogP contribution in [0.3, 0.4) is 0 Å².